The number of benzene rings is 2. The molecule has 0 radical (unpaired) electrons. The van der Waals surface area contributed by atoms with Crippen LogP contribution in [0.1, 0.15) is 5.56 Å². The second kappa shape index (κ2) is 6.01. The minimum atomic E-state index is -0.829. The highest BCUT2D eigenvalue weighted by atomic mass is 32.2. The summed E-state index contributed by atoms with van der Waals surface area (Å²) in [6, 6.07) is 17.3. The maximum absolute atomic E-state index is 11.5. The molecule has 2 aromatic carbocycles. The first-order valence-corrected chi connectivity index (χ1v) is 7.48. The first-order valence-electron chi connectivity index (χ1n) is 6.60. The number of rotatable bonds is 5. The van der Waals surface area contributed by atoms with Crippen molar-refractivity contribution in [1.82, 2.24) is 9.97 Å². The van der Waals surface area contributed by atoms with Crippen LogP contribution in [0.2, 0.25) is 0 Å². The average Bonchev–Trinajstić information content (AvgIpc) is 2.90. The number of hydrogen-bond acceptors (Lipinski definition) is 3. The van der Waals surface area contributed by atoms with E-state index >= 15 is 0 Å². The van der Waals surface area contributed by atoms with Gasteiger partial charge in [0.1, 0.15) is 5.25 Å². The monoisotopic (exact) mass is 298 g/mol. The molecule has 0 saturated heterocycles. The number of nitrogens with zero attached hydrogens (tertiary/aromatic N) is 1. The minimum absolute atomic E-state index is 0.470. The Balaban J connectivity index is 1.80. The SMILES string of the molecule is O=C(O)[C@H](Cc1ccccc1)Sc1nc2ccccc2[nH]1. The Kier molecular flexibility index (Phi) is 3.92. The second-order valence-corrected chi connectivity index (χ2v) is 5.88. The van der Waals surface area contributed by atoms with E-state index in [1.54, 1.807) is 0 Å². The molecule has 1 atom stereocenters. The van der Waals surface area contributed by atoms with Crippen molar-refractivity contribution in [1.29, 1.82) is 0 Å². The summed E-state index contributed by atoms with van der Waals surface area (Å²) >= 11 is 1.25. The van der Waals surface area contributed by atoms with Gasteiger partial charge in [-0.15, -0.1) is 0 Å². The van der Waals surface area contributed by atoms with Gasteiger partial charge in [0.2, 0.25) is 0 Å². The van der Waals surface area contributed by atoms with Crippen molar-refractivity contribution in [2.24, 2.45) is 0 Å². The number of carboxylic acid groups (broad SMARTS) is 1. The molecular formula is C16H14N2O2S. The third-order valence-electron chi connectivity index (χ3n) is 3.16. The first kappa shape index (κ1) is 13.7. The number of hydrogen-bond donors (Lipinski definition) is 2. The number of imidazole rings is 1. The molecule has 5 heteroatoms. The van der Waals surface area contributed by atoms with Crippen LogP contribution in [-0.2, 0) is 11.2 Å². The molecule has 0 amide bonds. The van der Waals surface area contributed by atoms with Gasteiger partial charge in [0.15, 0.2) is 5.16 Å². The summed E-state index contributed by atoms with van der Waals surface area (Å²) in [5, 5.41) is 9.48. The van der Waals surface area contributed by atoms with Crippen LogP contribution in [-0.4, -0.2) is 26.3 Å². The molecule has 4 nitrogen and oxygen atoms in total. The fourth-order valence-corrected chi connectivity index (χ4v) is 3.09. The van der Waals surface area contributed by atoms with Gasteiger partial charge in [-0.2, -0.15) is 0 Å². The summed E-state index contributed by atoms with van der Waals surface area (Å²) in [6.07, 6.45) is 0.470. The van der Waals surface area contributed by atoms with Crippen LogP contribution >= 0.6 is 11.8 Å². The molecule has 0 aliphatic heterocycles. The molecule has 1 aromatic heterocycles. The van der Waals surface area contributed by atoms with Crippen molar-refractivity contribution in [2.75, 3.05) is 0 Å². The largest absolute Gasteiger partial charge is 0.480 e. The normalized spacial score (nSPS) is 12.4. The molecule has 0 aliphatic rings. The molecule has 0 fully saturated rings. The van der Waals surface area contributed by atoms with E-state index in [4.69, 9.17) is 0 Å². The van der Waals surface area contributed by atoms with E-state index in [1.165, 1.54) is 11.8 Å². The van der Waals surface area contributed by atoms with Crippen molar-refractivity contribution < 1.29 is 9.90 Å². The molecule has 3 aromatic rings. The second-order valence-electron chi connectivity index (χ2n) is 4.69. The van der Waals surface area contributed by atoms with Gasteiger partial charge in [0, 0.05) is 0 Å². The molecule has 106 valence electrons. The van der Waals surface area contributed by atoms with Crippen molar-refractivity contribution in [2.45, 2.75) is 16.8 Å². The Bertz CT molecular complexity index is 722. The molecule has 0 unspecified atom stereocenters. The Hall–Kier alpha value is -2.27. The summed E-state index contributed by atoms with van der Waals surface area (Å²) in [4.78, 5) is 19.0. The summed E-state index contributed by atoms with van der Waals surface area (Å²) in [6.45, 7) is 0. The Morgan fingerprint density at radius 3 is 2.57 bits per heavy atom. The van der Waals surface area contributed by atoms with Crippen molar-refractivity contribution in [3.63, 3.8) is 0 Å². The molecule has 2 N–H and O–H groups in total. The Labute approximate surface area is 126 Å². The van der Waals surface area contributed by atoms with Crippen LogP contribution in [0.3, 0.4) is 0 Å². The number of fused-ring (bicyclic) bond motifs is 1. The van der Waals surface area contributed by atoms with Crippen LogP contribution in [0, 0.1) is 0 Å². The third-order valence-corrected chi connectivity index (χ3v) is 4.23. The van der Waals surface area contributed by atoms with E-state index in [-0.39, 0.29) is 0 Å². The smallest absolute Gasteiger partial charge is 0.317 e. The number of H-pyrrole nitrogens is 1. The minimum Gasteiger partial charge on any atom is -0.480 e. The van der Waals surface area contributed by atoms with Crippen molar-refractivity contribution >= 4 is 28.8 Å². The van der Waals surface area contributed by atoms with Crippen molar-refractivity contribution in [3.8, 4) is 0 Å². The number of nitrogens with one attached hydrogen (secondary N) is 1. The number of thioether (sulfide) groups is 1. The average molecular weight is 298 g/mol. The molecule has 0 spiro atoms. The number of carboxylic acids is 1. The van der Waals surface area contributed by atoms with Gasteiger partial charge < -0.3 is 10.1 Å². The Morgan fingerprint density at radius 1 is 1.14 bits per heavy atom. The van der Waals surface area contributed by atoms with E-state index in [0.29, 0.717) is 11.6 Å². The van der Waals surface area contributed by atoms with E-state index in [9.17, 15) is 9.90 Å². The van der Waals surface area contributed by atoms with Crippen LogP contribution in [0.25, 0.3) is 11.0 Å². The molecule has 0 bridgehead atoms. The zero-order valence-electron chi connectivity index (χ0n) is 11.2. The molecule has 21 heavy (non-hydrogen) atoms. The van der Waals surface area contributed by atoms with Gasteiger partial charge in [0.05, 0.1) is 11.0 Å². The molecular weight excluding hydrogens is 284 g/mol. The number of aliphatic carboxylic acids is 1. The molecule has 1 heterocycles. The number of aromatic amines is 1. The summed E-state index contributed by atoms with van der Waals surface area (Å²) in [5.74, 6) is -0.829. The quantitative estimate of drug-likeness (QED) is 0.709. The van der Waals surface area contributed by atoms with Gasteiger partial charge in [-0.1, -0.05) is 54.2 Å². The lowest BCUT2D eigenvalue weighted by molar-refractivity contribution is -0.136. The number of carbonyl (C=O) groups is 1. The standard InChI is InChI=1S/C16H14N2O2S/c19-15(20)14(10-11-6-2-1-3-7-11)21-16-17-12-8-4-5-9-13(12)18-16/h1-9,14H,10H2,(H,17,18)(H,19,20)/t14-/m0/s1. The van der Waals surface area contributed by atoms with E-state index in [1.807, 2.05) is 54.6 Å². The molecule has 0 saturated carbocycles. The van der Waals surface area contributed by atoms with Gasteiger partial charge >= 0.3 is 5.97 Å². The lowest BCUT2D eigenvalue weighted by Gasteiger charge is -2.10. The summed E-state index contributed by atoms with van der Waals surface area (Å²) < 4.78 is 0. The lowest BCUT2D eigenvalue weighted by Crippen LogP contribution is -2.19. The topological polar surface area (TPSA) is 66.0 Å². The van der Waals surface area contributed by atoms with Crippen molar-refractivity contribution in [3.05, 3.63) is 60.2 Å². The third kappa shape index (κ3) is 3.25. The zero-order valence-corrected chi connectivity index (χ0v) is 12.0. The highest BCUT2D eigenvalue weighted by molar-refractivity contribution is 8.00. The fourth-order valence-electron chi connectivity index (χ4n) is 2.13. The van der Waals surface area contributed by atoms with E-state index in [2.05, 4.69) is 9.97 Å². The zero-order chi connectivity index (χ0) is 14.7. The predicted octanol–water partition coefficient (Wildman–Crippen LogP) is 3.35. The van der Waals surface area contributed by atoms with Gasteiger partial charge in [-0.25, -0.2) is 4.98 Å². The van der Waals surface area contributed by atoms with E-state index < -0.39 is 11.2 Å². The van der Waals surface area contributed by atoms with Gasteiger partial charge in [-0.3, -0.25) is 4.79 Å². The maximum Gasteiger partial charge on any atom is 0.317 e. The van der Waals surface area contributed by atoms with Gasteiger partial charge in [0.25, 0.3) is 0 Å². The highest BCUT2D eigenvalue weighted by Crippen LogP contribution is 2.26. The van der Waals surface area contributed by atoms with Crippen LogP contribution in [0.4, 0.5) is 0 Å². The first-order chi connectivity index (χ1) is 10.2. The lowest BCUT2D eigenvalue weighted by atomic mass is 10.1. The number of aromatic nitrogens is 2. The highest BCUT2D eigenvalue weighted by Gasteiger charge is 2.21. The predicted molar refractivity (Wildman–Crippen MR) is 83.5 cm³/mol. The Morgan fingerprint density at radius 2 is 1.86 bits per heavy atom. The summed E-state index contributed by atoms with van der Waals surface area (Å²) in [5.41, 5.74) is 2.78. The van der Waals surface area contributed by atoms with Gasteiger partial charge in [-0.05, 0) is 24.1 Å². The summed E-state index contributed by atoms with van der Waals surface area (Å²) in [7, 11) is 0. The van der Waals surface area contributed by atoms with Crippen LogP contribution in [0.15, 0.2) is 59.8 Å². The molecule has 3 rings (SSSR count). The molecule has 0 aliphatic carbocycles. The fraction of sp³-hybridized carbons (Fsp3) is 0.125. The maximum atomic E-state index is 11.5. The van der Waals surface area contributed by atoms with Crippen LogP contribution < -0.4 is 0 Å². The van der Waals surface area contributed by atoms with E-state index in [0.717, 1.165) is 16.6 Å². The number of para-hydroxylation sites is 2. The van der Waals surface area contributed by atoms with Crippen LogP contribution in [0.5, 0.6) is 0 Å².